The third-order valence-electron chi connectivity index (χ3n) is 5.47. The number of rotatable bonds is 8. The minimum absolute atomic E-state index is 0.216. The summed E-state index contributed by atoms with van der Waals surface area (Å²) in [6, 6.07) is 12.4. The van der Waals surface area contributed by atoms with Gasteiger partial charge in [0.25, 0.3) is 6.43 Å². The van der Waals surface area contributed by atoms with Gasteiger partial charge < -0.3 is 4.74 Å². The lowest BCUT2D eigenvalue weighted by Gasteiger charge is -2.10. The highest BCUT2D eigenvalue weighted by Crippen LogP contribution is 2.27. The van der Waals surface area contributed by atoms with Crippen LogP contribution in [0.1, 0.15) is 40.3 Å². The van der Waals surface area contributed by atoms with Crippen LogP contribution in [-0.2, 0) is 17.7 Å². The third-order valence-corrected chi connectivity index (χ3v) is 5.47. The van der Waals surface area contributed by atoms with E-state index in [1.54, 1.807) is 32.2 Å². The van der Waals surface area contributed by atoms with Crippen molar-refractivity contribution in [3.63, 3.8) is 0 Å². The Morgan fingerprint density at radius 2 is 1.85 bits per heavy atom. The van der Waals surface area contributed by atoms with E-state index in [4.69, 9.17) is 15.1 Å². The molecule has 0 amide bonds. The molecule has 0 aliphatic heterocycles. The predicted octanol–water partition coefficient (Wildman–Crippen LogP) is 4.19. The Kier molecular flexibility index (Phi) is 6.75. The molecule has 0 radical (unpaired) electrons. The molecule has 0 N–H and O–H groups in total. The number of alkyl halides is 2. The Bertz CT molecular complexity index is 1340. The number of halogens is 2. The highest BCUT2D eigenvalue weighted by Gasteiger charge is 2.20. The molecule has 0 fully saturated rings. The summed E-state index contributed by atoms with van der Waals surface area (Å²) in [6.45, 7) is 4.65. The minimum Gasteiger partial charge on any atom is -0.383 e. The number of nitrogens with zero attached hydrogens (tertiary/aromatic N) is 7. The average Bonchev–Trinajstić information content (AvgIpc) is 3.38. The number of hydrogen-bond acceptors (Lipinski definition) is 6. The van der Waals surface area contributed by atoms with E-state index in [0.29, 0.717) is 36.5 Å². The van der Waals surface area contributed by atoms with Crippen LogP contribution in [0.25, 0.3) is 17.1 Å². The van der Waals surface area contributed by atoms with E-state index in [1.807, 2.05) is 23.7 Å². The molecule has 0 bridgehead atoms. The number of methoxy groups -OCH3 is 1. The quantitative estimate of drug-likeness (QED) is 0.389. The van der Waals surface area contributed by atoms with Gasteiger partial charge in [-0.05, 0) is 37.6 Å². The molecule has 1 aromatic carbocycles. The van der Waals surface area contributed by atoms with Gasteiger partial charge in [0, 0.05) is 30.9 Å². The lowest BCUT2D eigenvalue weighted by molar-refractivity contribution is 0.142. The van der Waals surface area contributed by atoms with Gasteiger partial charge in [-0.25, -0.2) is 23.4 Å². The van der Waals surface area contributed by atoms with Crippen LogP contribution in [0.2, 0.25) is 0 Å². The van der Waals surface area contributed by atoms with Gasteiger partial charge in [0.2, 0.25) is 0 Å². The van der Waals surface area contributed by atoms with Crippen molar-refractivity contribution in [2.24, 2.45) is 0 Å². The summed E-state index contributed by atoms with van der Waals surface area (Å²) in [5.41, 5.74) is 5.06. The lowest BCUT2D eigenvalue weighted by Crippen LogP contribution is -2.12. The highest BCUT2D eigenvalue weighted by molar-refractivity contribution is 5.65. The van der Waals surface area contributed by atoms with E-state index < -0.39 is 6.43 Å². The second kappa shape index (κ2) is 9.89. The fourth-order valence-electron chi connectivity index (χ4n) is 3.78. The number of benzene rings is 1. The van der Waals surface area contributed by atoms with Crippen molar-refractivity contribution in [1.29, 1.82) is 5.26 Å². The molecule has 0 atom stereocenters. The van der Waals surface area contributed by atoms with Crippen LogP contribution in [-0.4, -0.2) is 43.2 Å². The van der Waals surface area contributed by atoms with Crippen molar-refractivity contribution in [3.8, 4) is 23.1 Å². The standard InChI is InChI=1S/C24H23F2N7O/c1-15-10-21(24(25)26)33(30-15)22-12-19(28-14-29-22)11-20-16(2)23(31-32(20)8-9-34-3)18-6-4-17(13-27)5-7-18/h4-7,10,12,14,24H,8-9,11H2,1-3H3. The van der Waals surface area contributed by atoms with Gasteiger partial charge in [0.05, 0.1) is 41.9 Å². The van der Waals surface area contributed by atoms with Crippen molar-refractivity contribution in [2.75, 3.05) is 13.7 Å². The first-order valence-electron chi connectivity index (χ1n) is 10.6. The number of nitriles is 1. The number of aryl methyl sites for hydroxylation is 1. The summed E-state index contributed by atoms with van der Waals surface area (Å²) < 4.78 is 35.2. The van der Waals surface area contributed by atoms with E-state index >= 15 is 0 Å². The Hall–Kier alpha value is -3.97. The van der Waals surface area contributed by atoms with Crippen molar-refractivity contribution in [3.05, 3.63) is 76.6 Å². The van der Waals surface area contributed by atoms with Gasteiger partial charge in [0.1, 0.15) is 12.0 Å². The molecule has 3 heterocycles. The summed E-state index contributed by atoms with van der Waals surface area (Å²) in [6.07, 6.45) is -0.908. The molecule has 8 nitrogen and oxygen atoms in total. The zero-order chi connectivity index (χ0) is 24.2. The fourth-order valence-corrected chi connectivity index (χ4v) is 3.78. The first-order chi connectivity index (χ1) is 16.4. The third kappa shape index (κ3) is 4.70. The first kappa shape index (κ1) is 23.2. The topological polar surface area (TPSA) is 94.4 Å². The Balaban J connectivity index is 1.71. The maximum absolute atomic E-state index is 13.5. The van der Waals surface area contributed by atoms with E-state index in [-0.39, 0.29) is 11.5 Å². The number of aromatic nitrogens is 6. The van der Waals surface area contributed by atoms with E-state index in [0.717, 1.165) is 27.2 Å². The summed E-state index contributed by atoms with van der Waals surface area (Å²) in [5, 5.41) is 18.0. The molecule has 3 aromatic heterocycles. The molecule has 0 spiro atoms. The SMILES string of the molecule is COCCn1nc(-c2ccc(C#N)cc2)c(C)c1Cc1cc(-n2nc(C)cc2C(F)F)ncn1. The van der Waals surface area contributed by atoms with Crippen LogP contribution in [0, 0.1) is 25.2 Å². The molecule has 0 aliphatic rings. The largest absolute Gasteiger partial charge is 0.383 e. The molecular weight excluding hydrogens is 440 g/mol. The molecule has 0 aliphatic carbocycles. The van der Waals surface area contributed by atoms with Crippen LogP contribution in [0.5, 0.6) is 0 Å². The first-order valence-corrected chi connectivity index (χ1v) is 10.6. The van der Waals surface area contributed by atoms with Crippen molar-refractivity contribution in [1.82, 2.24) is 29.5 Å². The zero-order valence-corrected chi connectivity index (χ0v) is 19.0. The zero-order valence-electron chi connectivity index (χ0n) is 19.0. The van der Waals surface area contributed by atoms with Gasteiger partial charge in [-0.3, -0.25) is 4.68 Å². The number of ether oxygens (including phenoxy) is 1. The van der Waals surface area contributed by atoms with Crippen LogP contribution in [0.15, 0.2) is 42.7 Å². The fraction of sp³-hybridized carbons (Fsp3) is 0.292. The Morgan fingerprint density at radius 1 is 1.09 bits per heavy atom. The lowest BCUT2D eigenvalue weighted by atomic mass is 10.0. The maximum atomic E-state index is 13.5. The van der Waals surface area contributed by atoms with E-state index in [9.17, 15) is 8.78 Å². The summed E-state index contributed by atoms with van der Waals surface area (Å²) in [4.78, 5) is 8.52. The molecule has 34 heavy (non-hydrogen) atoms. The Morgan fingerprint density at radius 3 is 2.53 bits per heavy atom. The molecule has 4 aromatic rings. The predicted molar refractivity (Wildman–Crippen MR) is 121 cm³/mol. The molecule has 0 saturated heterocycles. The van der Waals surface area contributed by atoms with Gasteiger partial charge in [0.15, 0.2) is 5.82 Å². The smallest absolute Gasteiger partial charge is 0.280 e. The highest BCUT2D eigenvalue weighted by atomic mass is 19.3. The summed E-state index contributed by atoms with van der Waals surface area (Å²) >= 11 is 0. The van der Waals surface area contributed by atoms with Gasteiger partial charge in [-0.2, -0.15) is 15.5 Å². The van der Waals surface area contributed by atoms with E-state index in [2.05, 4.69) is 21.1 Å². The van der Waals surface area contributed by atoms with Crippen molar-refractivity contribution < 1.29 is 13.5 Å². The van der Waals surface area contributed by atoms with Crippen LogP contribution in [0.3, 0.4) is 0 Å². The second-order valence-corrected chi connectivity index (χ2v) is 7.79. The van der Waals surface area contributed by atoms with Crippen LogP contribution < -0.4 is 0 Å². The molecule has 10 heteroatoms. The molecule has 4 rings (SSSR count). The molecule has 174 valence electrons. The molecule has 0 unspecified atom stereocenters. The van der Waals surface area contributed by atoms with E-state index in [1.165, 1.54) is 12.4 Å². The van der Waals surface area contributed by atoms with Crippen molar-refractivity contribution >= 4 is 0 Å². The van der Waals surface area contributed by atoms with Crippen molar-refractivity contribution in [2.45, 2.75) is 33.2 Å². The molecular formula is C24H23F2N7O. The normalized spacial score (nSPS) is 11.2. The summed E-state index contributed by atoms with van der Waals surface area (Å²) in [5.74, 6) is 0.279. The number of hydrogen-bond donors (Lipinski definition) is 0. The van der Waals surface area contributed by atoms with Gasteiger partial charge >= 0.3 is 0 Å². The van der Waals surface area contributed by atoms with Crippen LogP contribution >= 0.6 is 0 Å². The minimum atomic E-state index is -2.67. The second-order valence-electron chi connectivity index (χ2n) is 7.79. The van der Waals surface area contributed by atoms with Crippen LogP contribution in [0.4, 0.5) is 8.78 Å². The average molecular weight is 463 g/mol. The monoisotopic (exact) mass is 463 g/mol. The van der Waals surface area contributed by atoms with Gasteiger partial charge in [-0.15, -0.1) is 0 Å². The van der Waals surface area contributed by atoms with Gasteiger partial charge in [-0.1, -0.05) is 12.1 Å². The summed E-state index contributed by atoms with van der Waals surface area (Å²) in [7, 11) is 1.63. The Labute approximate surface area is 195 Å². The maximum Gasteiger partial charge on any atom is 0.280 e. The molecule has 0 saturated carbocycles.